The Morgan fingerprint density at radius 2 is 2.24 bits per heavy atom. The number of nitrogen functional groups attached to an aromatic ring is 1. The molecule has 0 aliphatic heterocycles. The predicted molar refractivity (Wildman–Crippen MR) is 79.9 cm³/mol. The third-order valence-electron chi connectivity index (χ3n) is 3.01. The molecule has 3 N–H and O–H groups in total. The van der Waals surface area contributed by atoms with E-state index in [1.54, 1.807) is 30.1 Å². The average molecular weight is 309 g/mol. The molecule has 0 aliphatic carbocycles. The van der Waals surface area contributed by atoms with Crippen molar-refractivity contribution in [1.29, 1.82) is 0 Å². The first-order chi connectivity index (χ1) is 9.94. The number of hydrogen-bond donors (Lipinski definition) is 2. The molecule has 0 spiro atoms. The molecule has 0 saturated carbocycles. The summed E-state index contributed by atoms with van der Waals surface area (Å²) in [6.45, 7) is 4.36. The largest absolute Gasteiger partial charge is 0.381 e. The maximum absolute atomic E-state index is 12.4. The van der Waals surface area contributed by atoms with Crippen LogP contribution in [0.15, 0.2) is 35.6 Å². The van der Waals surface area contributed by atoms with Crippen molar-refractivity contribution in [2.45, 2.75) is 37.8 Å². The van der Waals surface area contributed by atoms with Crippen molar-refractivity contribution in [2.24, 2.45) is 0 Å². The van der Waals surface area contributed by atoms with E-state index >= 15 is 0 Å². The Morgan fingerprint density at radius 3 is 2.86 bits per heavy atom. The van der Waals surface area contributed by atoms with Gasteiger partial charge in [0, 0.05) is 31.2 Å². The van der Waals surface area contributed by atoms with Gasteiger partial charge in [0.25, 0.3) is 0 Å². The monoisotopic (exact) mass is 309 g/mol. The van der Waals surface area contributed by atoms with Crippen molar-refractivity contribution < 1.29 is 8.42 Å². The van der Waals surface area contributed by atoms with Crippen LogP contribution in [-0.2, 0) is 16.6 Å². The minimum atomic E-state index is -3.72. The zero-order valence-electron chi connectivity index (χ0n) is 12.0. The number of nitrogens with two attached hydrogens (primary N) is 1. The Morgan fingerprint density at radius 1 is 1.48 bits per heavy atom. The van der Waals surface area contributed by atoms with E-state index in [1.807, 2.05) is 13.0 Å². The van der Waals surface area contributed by atoms with Gasteiger partial charge in [0.2, 0.25) is 10.0 Å². The number of hydrogen-bond acceptors (Lipinski definition) is 5. The zero-order valence-corrected chi connectivity index (χ0v) is 12.8. The molecule has 0 radical (unpaired) electrons. The van der Waals surface area contributed by atoms with Crippen LogP contribution in [0.3, 0.4) is 0 Å². The number of nitrogens with zero attached hydrogens (tertiary/aromatic N) is 3. The molecule has 0 aromatic carbocycles. The Bertz CT molecular complexity index is 697. The third kappa shape index (κ3) is 3.59. The van der Waals surface area contributed by atoms with Gasteiger partial charge in [-0.1, -0.05) is 13.0 Å². The number of nitrogens with one attached hydrogen (secondary N) is 1. The number of rotatable bonds is 6. The maximum Gasteiger partial charge on any atom is 0.246 e. The lowest BCUT2D eigenvalue weighted by molar-refractivity contribution is 0.565. The Labute approximate surface area is 124 Å². The van der Waals surface area contributed by atoms with Crippen molar-refractivity contribution >= 4 is 15.8 Å². The zero-order chi connectivity index (χ0) is 15.5. The lowest BCUT2D eigenvalue weighted by Crippen LogP contribution is -2.27. The van der Waals surface area contributed by atoms with Crippen LogP contribution in [0.25, 0.3) is 0 Å². The molecule has 2 aromatic heterocycles. The van der Waals surface area contributed by atoms with Crippen molar-refractivity contribution in [2.75, 3.05) is 5.73 Å². The highest BCUT2D eigenvalue weighted by Gasteiger charge is 2.23. The molecule has 2 aromatic rings. The van der Waals surface area contributed by atoms with Crippen molar-refractivity contribution in [1.82, 2.24) is 19.5 Å². The highest BCUT2D eigenvalue weighted by atomic mass is 32.2. The molecule has 21 heavy (non-hydrogen) atoms. The van der Waals surface area contributed by atoms with Gasteiger partial charge in [-0.15, -0.1) is 0 Å². The van der Waals surface area contributed by atoms with Crippen molar-refractivity contribution in [3.05, 3.63) is 36.3 Å². The number of aryl methyl sites for hydroxylation is 1. The fourth-order valence-corrected chi connectivity index (χ4v) is 3.27. The molecule has 2 heterocycles. The summed E-state index contributed by atoms with van der Waals surface area (Å²) in [5.74, 6) is 0.00865. The molecule has 0 bridgehead atoms. The molecule has 0 amide bonds. The lowest BCUT2D eigenvalue weighted by atomic mass is 10.2. The first-order valence-corrected chi connectivity index (χ1v) is 8.17. The van der Waals surface area contributed by atoms with Gasteiger partial charge in [0.15, 0.2) is 5.82 Å². The van der Waals surface area contributed by atoms with Crippen LogP contribution < -0.4 is 10.5 Å². The second-order valence-electron chi connectivity index (χ2n) is 4.77. The summed E-state index contributed by atoms with van der Waals surface area (Å²) < 4.78 is 28.9. The van der Waals surface area contributed by atoms with E-state index in [-0.39, 0.29) is 10.7 Å². The molecule has 2 rings (SSSR count). The minimum absolute atomic E-state index is 0.00619. The molecule has 0 fully saturated rings. The normalized spacial score (nSPS) is 13.2. The molecule has 8 heteroatoms. The van der Waals surface area contributed by atoms with E-state index < -0.39 is 16.1 Å². The number of sulfonamides is 1. The molecule has 0 aliphatic rings. The lowest BCUT2D eigenvalue weighted by Gasteiger charge is -2.13. The van der Waals surface area contributed by atoms with Crippen LogP contribution in [0.2, 0.25) is 0 Å². The van der Waals surface area contributed by atoms with E-state index in [4.69, 9.17) is 5.73 Å². The fourth-order valence-electron chi connectivity index (χ4n) is 1.97. The summed E-state index contributed by atoms with van der Waals surface area (Å²) in [5.41, 5.74) is 6.49. The summed E-state index contributed by atoms with van der Waals surface area (Å²) in [4.78, 5) is 3.98. The van der Waals surface area contributed by atoms with Gasteiger partial charge >= 0.3 is 0 Å². The van der Waals surface area contributed by atoms with E-state index in [0.29, 0.717) is 6.54 Å². The minimum Gasteiger partial charge on any atom is -0.381 e. The van der Waals surface area contributed by atoms with Gasteiger partial charge in [-0.05, 0) is 25.0 Å². The van der Waals surface area contributed by atoms with Gasteiger partial charge < -0.3 is 5.73 Å². The molecule has 0 saturated heterocycles. The van der Waals surface area contributed by atoms with Crippen molar-refractivity contribution in [3.63, 3.8) is 0 Å². The van der Waals surface area contributed by atoms with Crippen LogP contribution >= 0.6 is 0 Å². The van der Waals surface area contributed by atoms with Crippen LogP contribution in [0.5, 0.6) is 0 Å². The SMILES string of the molecule is CCCn1cc(S(=O)(=O)NC(C)c2cccnc2)c(N)n1. The van der Waals surface area contributed by atoms with Crippen LogP contribution in [0.1, 0.15) is 31.9 Å². The number of anilines is 1. The standard InChI is InChI=1S/C13H19N5O2S/c1-3-7-18-9-12(13(14)16-18)21(19,20)17-10(2)11-5-4-6-15-8-11/h4-6,8-10,17H,3,7H2,1-2H3,(H2,14,16). The second kappa shape index (κ2) is 6.23. The topological polar surface area (TPSA) is 103 Å². The summed E-state index contributed by atoms with van der Waals surface area (Å²) >= 11 is 0. The highest BCUT2D eigenvalue weighted by molar-refractivity contribution is 7.89. The van der Waals surface area contributed by atoms with E-state index in [0.717, 1.165) is 12.0 Å². The predicted octanol–water partition coefficient (Wildman–Crippen LogP) is 1.31. The molecule has 1 atom stereocenters. The quantitative estimate of drug-likeness (QED) is 0.837. The van der Waals surface area contributed by atoms with E-state index in [9.17, 15) is 8.42 Å². The summed E-state index contributed by atoms with van der Waals surface area (Å²) in [6, 6.07) is 3.16. The van der Waals surface area contributed by atoms with Crippen LogP contribution in [0, 0.1) is 0 Å². The average Bonchev–Trinajstić information content (AvgIpc) is 2.81. The second-order valence-corrected chi connectivity index (χ2v) is 6.45. The molecule has 7 nitrogen and oxygen atoms in total. The Balaban J connectivity index is 2.22. The maximum atomic E-state index is 12.4. The van der Waals surface area contributed by atoms with Crippen molar-refractivity contribution in [3.8, 4) is 0 Å². The molecule has 114 valence electrons. The summed E-state index contributed by atoms with van der Waals surface area (Å²) in [6.07, 6.45) is 5.56. The van der Waals surface area contributed by atoms with Gasteiger partial charge in [-0.25, -0.2) is 13.1 Å². The van der Waals surface area contributed by atoms with Gasteiger partial charge in [0.05, 0.1) is 0 Å². The smallest absolute Gasteiger partial charge is 0.246 e. The van der Waals surface area contributed by atoms with Gasteiger partial charge in [-0.3, -0.25) is 9.67 Å². The van der Waals surface area contributed by atoms with Crippen LogP contribution in [0.4, 0.5) is 5.82 Å². The summed E-state index contributed by atoms with van der Waals surface area (Å²) in [5, 5.41) is 4.01. The number of aromatic nitrogens is 3. The molecular formula is C13H19N5O2S. The van der Waals surface area contributed by atoms with Gasteiger partial charge in [0.1, 0.15) is 4.90 Å². The van der Waals surface area contributed by atoms with Crippen LogP contribution in [-0.4, -0.2) is 23.2 Å². The first kappa shape index (κ1) is 15.5. The molecule has 1 unspecified atom stereocenters. The first-order valence-electron chi connectivity index (χ1n) is 6.69. The Hall–Kier alpha value is -1.93. The fraction of sp³-hybridized carbons (Fsp3) is 0.385. The number of pyridine rings is 1. The highest BCUT2D eigenvalue weighted by Crippen LogP contribution is 2.20. The van der Waals surface area contributed by atoms with E-state index in [2.05, 4.69) is 14.8 Å². The van der Waals surface area contributed by atoms with E-state index in [1.165, 1.54) is 6.20 Å². The summed E-state index contributed by atoms with van der Waals surface area (Å²) in [7, 11) is -3.72. The van der Waals surface area contributed by atoms with Gasteiger partial charge in [-0.2, -0.15) is 5.10 Å². The molecular weight excluding hydrogens is 290 g/mol. The third-order valence-corrected chi connectivity index (χ3v) is 4.57. The Kier molecular flexibility index (Phi) is 4.59.